The minimum Gasteiger partial charge on any atom is -0.465 e. The lowest BCUT2D eigenvalue weighted by atomic mass is 10.1. The number of thioether (sulfide) groups is 1. The molecule has 0 saturated carbocycles. The number of nitrogen functional groups attached to an aromatic ring is 1. The van der Waals surface area contributed by atoms with E-state index in [1.165, 1.54) is 18.9 Å². The van der Waals surface area contributed by atoms with Crippen molar-refractivity contribution in [2.45, 2.75) is 17.5 Å². The highest BCUT2D eigenvalue weighted by Crippen LogP contribution is 2.24. The molecule has 0 amide bonds. The third-order valence-corrected chi connectivity index (χ3v) is 5.48. The maximum atomic E-state index is 12.4. The van der Waals surface area contributed by atoms with Gasteiger partial charge in [0.15, 0.2) is 16.6 Å². The first-order chi connectivity index (χ1) is 14.5. The minimum atomic E-state index is -0.375. The highest BCUT2D eigenvalue weighted by atomic mass is 32.2. The average molecular weight is 421 g/mol. The maximum absolute atomic E-state index is 12.4. The Kier molecular flexibility index (Phi) is 5.53. The van der Waals surface area contributed by atoms with Gasteiger partial charge in [-0.3, -0.25) is 4.57 Å². The Bertz CT molecular complexity index is 1250. The van der Waals surface area contributed by atoms with Crippen LogP contribution in [0.3, 0.4) is 0 Å². The van der Waals surface area contributed by atoms with E-state index in [1.54, 1.807) is 16.7 Å². The van der Waals surface area contributed by atoms with E-state index in [-0.39, 0.29) is 17.5 Å². The Morgan fingerprint density at radius 3 is 2.53 bits per heavy atom. The number of hydrogen-bond acceptors (Lipinski definition) is 7. The monoisotopic (exact) mass is 421 g/mol. The molecule has 4 rings (SSSR count). The third-order valence-electron chi connectivity index (χ3n) is 4.56. The summed E-state index contributed by atoms with van der Waals surface area (Å²) in [5.41, 5.74) is 9.16. The van der Waals surface area contributed by atoms with Crippen molar-refractivity contribution in [3.05, 3.63) is 81.8 Å². The lowest BCUT2D eigenvalue weighted by Gasteiger charge is -2.06. The van der Waals surface area contributed by atoms with Gasteiger partial charge in [0.1, 0.15) is 5.52 Å². The summed E-state index contributed by atoms with van der Waals surface area (Å²) in [6.45, 7) is 0.384. The Morgan fingerprint density at radius 1 is 1.10 bits per heavy atom. The second kappa shape index (κ2) is 8.42. The second-order valence-corrected chi connectivity index (χ2v) is 7.51. The van der Waals surface area contributed by atoms with Crippen molar-refractivity contribution in [1.29, 1.82) is 0 Å². The number of carbonyl (C=O) groups excluding carboxylic acids is 1. The lowest BCUT2D eigenvalue weighted by molar-refractivity contribution is 0.0600. The molecular formula is C21H19N5O3S. The molecule has 9 heteroatoms. The number of anilines is 1. The van der Waals surface area contributed by atoms with Crippen molar-refractivity contribution in [2.24, 2.45) is 0 Å². The molecule has 0 unspecified atom stereocenters. The van der Waals surface area contributed by atoms with Crippen molar-refractivity contribution >= 4 is 34.7 Å². The van der Waals surface area contributed by atoms with Gasteiger partial charge in [-0.25, -0.2) is 19.6 Å². The van der Waals surface area contributed by atoms with Crippen LogP contribution in [0.25, 0.3) is 11.2 Å². The smallest absolute Gasteiger partial charge is 0.337 e. The van der Waals surface area contributed by atoms with E-state index < -0.39 is 0 Å². The number of esters is 1. The van der Waals surface area contributed by atoms with Gasteiger partial charge in [-0.15, -0.1) is 0 Å². The number of H-pyrrole nitrogens is 1. The summed E-state index contributed by atoms with van der Waals surface area (Å²) in [7, 11) is 1.35. The largest absolute Gasteiger partial charge is 0.465 e. The Labute approximate surface area is 176 Å². The minimum absolute atomic E-state index is 0.229. The van der Waals surface area contributed by atoms with Crippen LogP contribution in [0.5, 0.6) is 0 Å². The van der Waals surface area contributed by atoms with Crippen LogP contribution in [0, 0.1) is 0 Å². The normalized spacial score (nSPS) is 11.0. The molecule has 3 N–H and O–H groups in total. The molecule has 0 aliphatic rings. The number of nitrogens with one attached hydrogen (secondary N) is 1. The summed E-state index contributed by atoms with van der Waals surface area (Å²) in [6, 6.07) is 16.8. The van der Waals surface area contributed by atoms with E-state index >= 15 is 0 Å². The lowest BCUT2D eigenvalue weighted by Crippen LogP contribution is -2.17. The summed E-state index contributed by atoms with van der Waals surface area (Å²) in [6.07, 6.45) is 0. The molecule has 152 valence electrons. The molecule has 0 bridgehead atoms. The standard InChI is InChI=1S/C21H19N5O3S/c1-29-19(27)15-9-7-14(8-10-15)12-30-20-24-17(22)16-18(25-20)26(21(28)23-16)11-13-5-3-2-4-6-13/h2-10H,11-12H2,1H3,(H,23,28)(H2,22,24,25). The fraction of sp³-hybridized carbons (Fsp3) is 0.143. The molecule has 0 atom stereocenters. The van der Waals surface area contributed by atoms with Gasteiger partial charge in [-0.1, -0.05) is 54.2 Å². The average Bonchev–Trinajstić information content (AvgIpc) is 3.08. The van der Waals surface area contributed by atoms with E-state index in [0.717, 1.165) is 11.1 Å². The van der Waals surface area contributed by atoms with Crippen LogP contribution < -0.4 is 11.4 Å². The third kappa shape index (κ3) is 4.06. The summed E-state index contributed by atoms with van der Waals surface area (Å²) in [4.78, 5) is 35.6. The quantitative estimate of drug-likeness (QED) is 0.279. The van der Waals surface area contributed by atoms with E-state index in [2.05, 4.69) is 15.0 Å². The summed E-state index contributed by atoms with van der Waals surface area (Å²) >= 11 is 1.40. The molecule has 0 spiro atoms. The van der Waals surface area contributed by atoms with E-state index in [9.17, 15) is 9.59 Å². The Hall–Kier alpha value is -3.59. The van der Waals surface area contributed by atoms with Gasteiger partial charge in [0.05, 0.1) is 19.2 Å². The number of nitrogens with two attached hydrogens (primary N) is 1. The van der Waals surface area contributed by atoms with Gasteiger partial charge < -0.3 is 15.5 Å². The number of hydrogen-bond donors (Lipinski definition) is 2. The predicted molar refractivity (Wildman–Crippen MR) is 115 cm³/mol. The van der Waals surface area contributed by atoms with Crippen LogP contribution in [0.15, 0.2) is 64.5 Å². The number of imidazole rings is 1. The SMILES string of the molecule is COC(=O)c1ccc(CSc2nc(N)c3[nH]c(=O)n(Cc4ccccc4)c3n2)cc1. The van der Waals surface area contributed by atoms with Crippen LogP contribution in [0.4, 0.5) is 5.82 Å². The van der Waals surface area contributed by atoms with Crippen molar-refractivity contribution in [1.82, 2.24) is 19.5 Å². The van der Waals surface area contributed by atoms with Gasteiger partial charge >= 0.3 is 11.7 Å². The zero-order valence-electron chi connectivity index (χ0n) is 16.2. The topological polar surface area (TPSA) is 116 Å². The maximum Gasteiger partial charge on any atom is 0.337 e. The van der Waals surface area contributed by atoms with E-state index in [4.69, 9.17) is 10.5 Å². The number of nitrogens with zero attached hydrogens (tertiary/aromatic N) is 3. The van der Waals surface area contributed by atoms with Crippen molar-refractivity contribution in [3.63, 3.8) is 0 Å². The zero-order valence-corrected chi connectivity index (χ0v) is 17.0. The number of fused-ring (bicyclic) bond motifs is 1. The summed E-state index contributed by atoms with van der Waals surface area (Å²) in [5.74, 6) is 0.437. The van der Waals surface area contributed by atoms with Gasteiger partial charge in [0, 0.05) is 5.75 Å². The van der Waals surface area contributed by atoms with Crippen LogP contribution in [-0.4, -0.2) is 32.6 Å². The van der Waals surface area contributed by atoms with E-state index in [0.29, 0.717) is 34.2 Å². The van der Waals surface area contributed by atoms with Crippen molar-refractivity contribution in [3.8, 4) is 0 Å². The van der Waals surface area contributed by atoms with Crippen LogP contribution >= 0.6 is 11.8 Å². The first kappa shape index (κ1) is 19.7. The number of methoxy groups -OCH3 is 1. The fourth-order valence-electron chi connectivity index (χ4n) is 3.01. The first-order valence-electron chi connectivity index (χ1n) is 9.15. The Morgan fingerprint density at radius 2 is 1.83 bits per heavy atom. The van der Waals surface area contributed by atoms with Crippen LogP contribution in [-0.2, 0) is 17.0 Å². The van der Waals surface area contributed by atoms with Crippen LogP contribution in [0.2, 0.25) is 0 Å². The molecular weight excluding hydrogens is 402 g/mol. The number of benzene rings is 2. The number of aromatic nitrogens is 4. The molecule has 0 aliphatic heterocycles. The second-order valence-electron chi connectivity index (χ2n) is 6.57. The number of carbonyl (C=O) groups is 1. The summed E-state index contributed by atoms with van der Waals surface area (Å²) < 4.78 is 6.26. The summed E-state index contributed by atoms with van der Waals surface area (Å²) in [5, 5.41) is 0.470. The van der Waals surface area contributed by atoms with Gasteiger partial charge in [0.2, 0.25) is 0 Å². The molecule has 0 saturated heterocycles. The molecule has 2 aromatic carbocycles. The molecule has 8 nitrogen and oxygen atoms in total. The molecule has 2 aromatic heterocycles. The van der Waals surface area contributed by atoms with E-state index in [1.807, 2.05) is 42.5 Å². The zero-order chi connectivity index (χ0) is 21.1. The molecule has 4 aromatic rings. The molecule has 2 heterocycles. The van der Waals surface area contributed by atoms with Gasteiger partial charge in [-0.05, 0) is 23.3 Å². The molecule has 0 radical (unpaired) electrons. The van der Waals surface area contributed by atoms with Crippen molar-refractivity contribution in [2.75, 3.05) is 12.8 Å². The van der Waals surface area contributed by atoms with Gasteiger partial charge in [-0.2, -0.15) is 0 Å². The van der Waals surface area contributed by atoms with Crippen LogP contribution in [0.1, 0.15) is 21.5 Å². The molecule has 0 aliphatic carbocycles. The Balaban J connectivity index is 1.58. The number of ether oxygens (including phenoxy) is 1. The first-order valence-corrected chi connectivity index (χ1v) is 10.1. The highest BCUT2D eigenvalue weighted by Gasteiger charge is 2.15. The predicted octanol–water partition coefficient (Wildman–Crippen LogP) is 2.83. The molecule has 0 fully saturated rings. The number of rotatable bonds is 6. The molecule has 30 heavy (non-hydrogen) atoms. The fourth-order valence-corrected chi connectivity index (χ4v) is 3.81. The van der Waals surface area contributed by atoms with Gasteiger partial charge in [0.25, 0.3) is 0 Å². The number of aromatic amines is 1. The highest BCUT2D eigenvalue weighted by molar-refractivity contribution is 7.98. The van der Waals surface area contributed by atoms with Crippen molar-refractivity contribution < 1.29 is 9.53 Å².